The molecule has 3 aromatic rings. The average Bonchev–Trinajstić information content (AvgIpc) is 2.77. The number of para-hydroxylation sites is 1. The van der Waals surface area contributed by atoms with Crippen LogP contribution in [0.25, 0.3) is 0 Å². The smallest absolute Gasteiger partial charge is 0.255 e. The van der Waals surface area contributed by atoms with Crippen LogP contribution in [0.5, 0.6) is 11.5 Å². The van der Waals surface area contributed by atoms with Gasteiger partial charge in [0.25, 0.3) is 5.91 Å². The van der Waals surface area contributed by atoms with Crippen molar-refractivity contribution in [3.63, 3.8) is 0 Å². The van der Waals surface area contributed by atoms with Gasteiger partial charge in [0.15, 0.2) is 17.3 Å². The molecular weight excluding hydrogens is 372 g/mol. The van der Waals surface area contributed by atoms with Crippen LogP contribution in [0.15, 0.2) is 54.9 Å². The Hall–Kier alpha value is -3.88. The number of hydrogen-bond donors (Lipinski definition) is 3. The van der Waals surface area contributed by atoms with E-state index in [1.165, 1.54) is 14.2 Å². The van der Waals surface area contributed by atoms with Crippen molar-refractivity contribution in [1.82, 2.24) is 20.5 Å². The molecule has 9 nitrogen and oxygen atoms in total. The van der Waals surface area contributed by atoms with Crippen LogP contribution in [0.4, 0.5) is 17.3 Å². The molecule has 0 unspecified atom stereocenters. The second kappa shape index (κ2) is 9.88. The zero-order valence-corrected chi connectivity index (χ0v) is 16.2. The molecule has 150 valence electrons. The number of benzene rings is 1. The number of ether oxygens (including phenoxy) is 2. The first-order valence-electron chi connectivity index (χ1n) is 8.95. The van der Waals surface area contributed by atoms with Crippen molar-refractivity contribution >= 4 is 23.2 Å². The van der Waals surface area contributed by atoms with Crippen molar-refractivity contribution in [2.45, 2.75) is 0 Å². The number of nitrogens with one attached hydrogen (secondary N) is 3. The lowest BCUT2D eigenvalue weighted by molar-refractivity contribution is 0.0951. The topological polar surface area (TPSA) is 110 Å². The van der Waals surface area contributed by atoms with E-state index in [1.54, 1.807) is 30.6 Å². The molecule has 1 amide bonds. The summed E-state index contributed by atoms with van der Waals surface area (Å²) in [5, 5.41) is 17.3. The Balaban J connectivity index is 1.47. The number of rotatable bonds is 9. The molecule has 0 fully saturated rings. The lowest BCUT2D eigenvalue weighted by Gasteiger charge is -2.13. The summed E-state index contributed by atoms with van der Waals surface area (Å²) in [4.78, 5) is 16.4. The second-order valence-electron chi connectivity index (χ2n) is 5.89. The molecule has 2 aromatic heterocycles. The maximum absolute atomic E-state index is 12.4. The highest BCUT2D eigenvalue weighted by molar-refractivity contribution is 5.97. The van der Waals surface area contributed by atoms with Crippen LogP contribution in [-0.4, -0.2) is 48.4 Å². The van der Waals surface area contributed by atoms with Crippen molar-refractivity contribution in [3.8, 4) is 11.5 Å². The molecule has 29 heavy (non-hydrogen) atoms. The normalized spacial score (nSPS) is 10.1. The molecule has 0 bridgehead atoms. The predicted molar refractivity (Wildman–Crippen MR) is 110 cm³/mol. The standard InChI is InChI=1S/C20H22N6O3/c1-28-16-5-3-4-15(19(16)29-2)20(27)23-13-12-22-17-6-7-18(26-25-17)24-14-8-10-21-11-9-14/h3-11H,12-13H2,1-2H3,(H,22,25)(H,23,27)(H,21,24,26). The van der Waals surface area contributed by atoms with Crippen molar-refractivity contribution in [2.24, 2.45) is 0 Å². The highest BCUT2D eigenvalue weighted by Gasteiger charge is 2.15. The number of amides is 1. The number of aromatic nitrogens is 3. The molecule has 0 radical (unpaired) electrons. The number of carbonyl (C=O) groups is 1. The van der Waals surface area contributed by atoms with Crippen LogP contribution in [0, 0.1) is 0 Å². The van der Waals surface area contributed by atoms with Gasteiger partial charge < -0.3 is 25.4 Å². The minimum atomic E-state index is -0.245. The molecule has 0 aliphatic heterocycles. The van der Waals surface area contributed by atoms with Gasteiger partial charge in [-0.3, -0.25) is 9.78 Å². The van der Waals surface area contributed by atoms with Crippen LogP contribution in [0.2, 0.25) is 0 Å². The van der Waals surface area contributed by atoms with E-state index in [1.807, 2.05) is 24.3 Å². The van der Waals surface area contributed by atoms with Crippen molar-refractivity contribution in [3.05, 3.63) is 60.4 Å². The zero-order chi connectivity index (χ0) is 20.5. The molecule has 0 aliphatic carbocycles. The largest absolute Gasteiger partial charge is 0.493 e. The van der Waals surface area contributed by atoms with E-state index in [-0.39, 0.29) is 5.91 Å². The Labute approximate surface area is 168 Å². The lowest BCUT2D eigenvalue weighted by Crippen LogP contribution is -2.29. The van der Waals surface area contributed by atoms with Crippen LogP contribution in [0.3, 0.4) is 0 Å². The van der Waals surface area contributed by atoms with Crippen LogP contribution >= 0.6 is 0 Å². The Bertz CT molecular complexity index is 935. The number of anilines is 3. The summed E-state index contributed by atoms with van der Waals surface area (Å²) in [5.74, 6) is 1.90. The maximum atomic E-state index is 12.4. The lowest BCUT2D eigenvalue weighted by atomic mass is 10.1. The predicted octanol–water partition coefficient (Wildman–Crippen LogP) is 2.47. The zero-order valence-electron chi connectivity index (χ0n) is 16.2. The van der Waals surface area contributed by atoms with Gasteiger partial charge in [0.05, 0.1) is 19.8 Å². The van der Waals surface area contributed by atoms with Crippen molar-refractivity contribution in [2.75, 3.05) is 37.9 Å². The Morgan fingerprint density at radius 2 is 1.69 bits per heavy atom. The van der Waals surface area contributed by atoms with Gasteiger partial charge in [0.1, 0.15) is 5.82 Å². The SMILES string of the molecule is COc1cccc(C(=O)NCCNc2ccc(Nc3ccncc3)nn2)c1OC. The van der Waals surface area contributed by atoms with E-state index in [4.69, 9.17) is 9.47 Å². The molecule has 0 saturated heterocycles. The van der Waals surface area contributed by atoms with Gasteiger partial charge >= 0.3 is 0 Å². The molecular formula is C20H22N6O3. The van der Waals surface area contributed by atoms with E-state index in [9.17, 15) is 4.79 Å². The second-order valence-corrected chi connectivity index (χ2v) is 5.89. The summed E-state index contributed by atoms with van der Waals surface area (Å²) in [6, 6.07) is 12.5. The van der Waals surface area contributed by atoms with Crippen LogP contribution < -0.4 is 25.4 Å². The van der Waals surface area contributed by atoms with Gasteiger partial charge in [-0.25, -0.2) is 0 Å². The van der Waals surface area contributed by atoms with E-state index in [2.05, 4.69) is 31.1 Å². The first kappa shape index (κ1) is 19.9. The average molecular weight is 394 g/mol. The first-order valence-corrected chi connectivity index (χ1v) is 8.95. The maximum Gasteiger partial charge on any atom is 0.255 e. The highest BCUT2D eigenvalue weighted by Crippen LogP contribution is 2.30. The fourth-order valence-corrected chi connectivity index (χ4v) is 2.60. The molecule has 2 heterocycles. The van der Waals surface area contributed by atoms with Gasteiger partial charge in [-0.1, -0.05) is 6.07 Å². The number of pyridine rings is 1. The summed E-state index contributed by atoms with van der Waals surface area (Å²) < 4.78 is 10.5. The van der Waals surface area contributed by atoms with Gasteiger partial charge in [0.2, 0.25) is 0 Å². The van der Waals surface area contributed by atoms with Crippen molar-refractivity contribution in [1.29, 1.82) is 0 Å². The number of hydrogen-bond acceptors (Lipinski definition) is 8. The fraction of sp³-hybridized carbons (Fsp3) is 0.200. The number of nitrogens with zero attached hydrogens (tertiary/aromatic N) is 3. The van der Waals surface area contributed by atoms with E-state index in [0.29, 0.717) is 41.8 Å². The quantitative estimate of drug-likeness (QED) is 0.475. The molecule has 3 rings (SSSR count). The summed E-state index contributed by atoms with van der Waals surface area (Å²) in [5.41, 5.74) is 1.30. The molecule has 0 aliphatic rings. The molecule has 0 atom stereocenters. The third-order valence-corrected chi connectivity index (χ3v) is 3.98. The Kier molecular flexibility index (Phi) is 6.77. The Morgan fingerprint density at radius 3 is 2.38 bits per heavy atom. The molecule has 0 saturated carbocycles. The molecule has 9 heteroatoms. The van der Waals surface area contributed by atoms with E-state index >= 15 is 0 Å². The van der Waals surface area contributed by atoms with Gasteiger partial charge in [0, 0.05) is 31.2 Å². The van der Waals surface area contributed by atoms with E-state index < -0.39 is 0 Å². The van der Waals surface area contributed by atoms with Crippen molar-refractivity contribution < 1.29 is 14.3 Å². The monoisotopic (exact) mass is 394 g/mol. The fourth-order valence-electron chi connectivity index (χ4n) is 2.60. The van der Waals surface area contributed by atoms with Gasteiger partial charge in [-0.05, 0) is 36.4 Å². The van der Waals surface area contributed by atoms with Gasteiger partial charge in [-0.2, -0.15) is 0 Å². The van der Waals surface area contributed by atoms with Gasteiger partial charge in [-0.15, -0.1) is 10.2 Å². The third-order valence-electron chi connectivity index (χ3n) is 3.98. The number of methoxy groups -OCH3 is 2. The number of carbonyl (C=O) groups excluding carboxylic acids is 1. The Morgan fingerprint density at radius 1 is 0.931 bits per heavy atom. The van der Waals surface area contributed by atoms with E-state index in [0.717, 1.165) is 5.69 Å². The summed E-state index contributed by atoms with van der Waals surface area (Å²) >= 11 is 0. The molecule has 0 spiro atoms. The molecule has 1 aromatic carbocycles. The van der Waals surface area contributed by atoms with Crippen LogP contribution in [-0.2, 0) is 0 Å². The highest BCUT2D eigenvalue weighted by atomic mass is 16.5. The minimum Gasteiger partial charge on any atom is -0.493 e. The molecule has 3 N–H and O–H groups in total. The summed E-state index contributed by atoms with van der Waals surface area (Å²) in [7, 11) is 3.03. The third kappa shape index (κ3) is 5.32. The van der Waals surface area contributed by atoms with Crippen LogP contribution in [0.1, 0.15) is 10.4 Å². The minimum absolute atomic E-state index is 0.245. The summed E-state index contributed by atoms with van der Waals surface area (Å²) in [6.07, 6.45) is 3.39. The summed E-state index contributed by atoms with van der Waals surface area (Å²) in [6.45, 7) is 0.891. The first-order chi connectivity index (χ1) is 14.2.